The monoisotopic (exact) mass is 304 g/mol. The minimum Gasteiger partial charge on any atom is -0.357 e. The highest BCUT2D eigenvalue weighted by atomic mass is 16.7. The van der Waals surface area contributed by atoms with Crippen LogP contribution in [0.3, 0.4) is 0 Å². The van der Waals surface area contributed by atoms with Gasteiger partial charge in [0.05, 0.1) is 6.04 Å². The predicted molar refractivity (Wildman–Crippen MR) is 90.9 cm³/mol. The molecule has 5 rings (SSSR count). The molecule has 1 aromatic heterocycles. The normalized spacial score (nSPS) is 27.1. The Hall–Kier alpha value is -2.10. The number of rotatable bonds is 1. The molecule has 1 N–H and O–H groups in total. The fourth-order valence-corrected chi connectivity index (χ4v) is 4.24. The molecule has 2 aliphatic heterocycles. The van der Waals surface area contributed by atoms with Crippen LogP contribution in [-0.2, 0) is 16.9 Å². The van der Waals surface area contributed by atoms with Crippen molar-refractivity contribution < 1.29 is 4.84 Å². The van der Waals surface area contributed by atoms with Crippen molar-refractivity contribution in [2.75, 3.05) is 6.54 Å². The summed E-state index contributed by atoms with van der Waals surface area (Å²) in [5.41, 5.74) is 5.07. The van der Waals surface area contributed by atoms with E-state index >= 15 is 0 Å². The van der Waals surface area contributed by atoms with Crippen LogP contribution in [0.4, 0.5) is 0 Å². The summed E-state index contributed by atoms with van der Waals surface area (Å²) < 4.78 is 0. The molecule has 2 aliphatic rings. The van der Waals surface area contributed by atoms with E-state index in [0.29, 0.717) is 6.04 Å². The minimum absolute atomic E-state index is 0.245. The van der Waals surface area contributed by atoms with Gasteiger partial charge in [-0.05, 0) is 30.5 Å². The third-order valence-electron chi connectivity index (χ3n) is 5.40. The summed E-state index contributed by atoms with van der Waals surface area (Å²) in [7, 11) is 0. The summed E-state index contributed by atoms with van der Waals surface area (Å²) in [5, 5.41) is 3.56. The Morgan fingerprint density at radius 2 is 1.87 bits per heavy atom. The number of H-pyrrole nitrogens is 1. The maximum atomic E-state index is 6.41. The lowest BCUT2D eigenvalue weighted by Crippen LogP contribution is -2.31. The first-order valence-corrected chi connectivity index (χ1v) is 8.35. The standard InChI is InChI=1S/C20H20N2O/c1-20(14-7-3-2-4-8-14)13-18-19-16(11-12-22(18)23-20)15-9-5-6-10-17(15)21-19/h2-10,18,21H,11-13H2,1H3/t18-,20+/m1/s1. The van der Waals surface area contributed by atoms with Gasteiger partial charge >= 0.3 is 0 Å². The Balaban J connectivity index is 1.59. The highest BCUT2D eigenvalue weighted by Gasteiger charge is 2.47. The van der Waals surface area contributed by atoms with E-state index < -0.39 is 0 Å². The zero-order chi connectivity index (χ0) is 15.4. The number of hydroxylamine groups is 2. The molecule has 0 bridgehead atoms. The lowest BCUT2D eigenvalue weighted by Gasteiger charge is -2.28. The van der Waals surface area contributed by atoms with E-state index in [1.807, 2.05) is 0 Å². The number of hydrogen-bond donors (Lipinski definition) is 1. The predicted octanol–water partition coefficient (Wildman–Crippen LogP) is 4.32. The second-order valence-electron chi connectivity index (χ2n) is 6.86. The number of fused-ring (bicyclic) bond motifs is 5. The van der Waals surface area contributed by atoms with Gasteiger partial charge in [0.25, 0.3) is 0 Å². The molecule has 0 unspecified atom stereocenters. The van der Waals surface area contributed by atoms with Gasteiger partial charge in [-0.15, -0.1) is 0 Å². The average Bonchev–Trinajstić information content (AvgIpc) is 3.13. The molecule has 3 aromatic rings. The summed E-state index contributed by atoms with van der Waals surface area (Å²) in [6.45, 7) is 3.17. The van der Waals surface area contributed by atoms with Crippen LogP contribution in [0.1, 0.15) is 36.2 Å². The number of aromatic nitrogens is 1. The number of nitrogens with one attached hydrogen (secondary N) is 1. The zero-order valence-electron chi connectivity index (χ0n) is 13.3. The Kier molecular flexibility index (Phi) is 2.73. The third kappa shape index (κ3) is 1.90. The Morgan fingerprint density at radius 1 is 1.09 bits per heavy atom. The lowest BCUT2D eigenvalue weighted by atomic mass is 9.87. The van der Waals surface area contributed by atoms with E-state index in [1.165, 1.54) is 27.7 Å². The molecule has 3 heteroatoms. The van der Waals surface area contributed by atoms with E-state index in [9.17, 15) is 0 Å². The largest absolute Gasteiger partial charge is 0.357 e. The Morgan fingerprint density at radius 3 is 2.74 bits per heavy atom. The summed E-state index contributed by atoms with van der Waals surface area (Å²) in [6.07, 6.45) is 2.03. The van der Waals surface area contributed by atoms with Gasteiger partial charge < -0.3 is 4.98 Å². The molecule has 2 aromatic carbocycles. The molecule has 116 valence electrons. The van der Waals surface area contributed by atoms with Crippen molar-refractivity contribution in [2.24, 2.45) is 0 Å². The van der Waals surface area contributed by atoms with Gasteiger partial charge in [0.1, 0.15) is 5.60 Å². The van der Waals surface area contributed by atoms with Crippen molar-refractivity contribution in [1.82, 2.24) is 10.0 Å². The SMILES string of the molecule is C[C@@]1(c2ccccc2)C[C@@H]2c3[nH]c4ccccc4c3CCN2O1. The van der Waals surface area contributed by atoms with E-state index in [4.69, 9.17) is 4.84 Å². The van der Waals surface area contributed by atoms with Crippen molar-refractivity contribution in [3.8, 4) is 0 Å². The van der Waals surface area contributed by atoms with Crippen LogP contribution in [0.25, 0.3) is 10.9 Å². The van der Waals surface area contributed by atoms with Gasteiger partial charge in [-0.25, -0.2) is 0 Å². The zero-order valence-corrected chi connectivity index (χ0v) is 13.3. The number of nitrogens with zero attached hydrogens (tertiary/aromatic N) is 1. The van der Waals surface area contributed by atoms with Crippen LogP contribution in [0.5, 0.6) is 0 Å². The first-order chi connectivity index (χ1) is 11.2. The molecule has 1 fully saturated rings. The van der Waals surface area contributed by atoms with Crippen LogP contribution in [0, 0.1) is 0 Å². The van der Waals surface area contributed by atoms with Gasteiger partial charge in [0.2, 0.25) is 0 Å². The molecule has 1 saturated heterocycles. The number of aromatic amines is 1. The molecule has 0 aliphatic carbocycles. The van der Waals surface area contributed by atoms with E-state index in [1.54, 1.807) is 0 Å². The van der Waals surface area contributed by atoms with E-state index in [-0.39, 0.29) is 5.60 Å². The fraction of sp³-hybridized carbons (Fsp3) is 0.300. The first-order valence-electron chi connectivity index (χ1n) is 8.35. The van der Waals surface area contributed by atoms with E-state index in [2.05, 4.69) is 71.6 Å². The average molecular weight is 304 g/mol. The molecule has 2 atom stereocenters. The highest BCUT2D eigenvalue weighted by molar-refractivity contribution is 5.85. The van der Waals surface area contributed by atoms with Crippen molar-refractivity contribution in [1.29, 1.82) is 0 Å². The van der Waals surface area contributed by atoms with Crippen LogP contribution < -0.4 is 0 Å². The molecular formula is C20H20N2O. The molecule has 0 spiro atoms. The quantitative estimate of drug-likeness (QED) is 0.725. The Bertz CT molecular complexity index is 870. The molecule has 0 saturated carbocycles. The molecule has 3 nitrogen and oxygen atoms in total. The fourth-order valence-electron chi connectivity index (χ4n) is 4.24. The van der Waals surface area contributed by atoms with Crippen molar-refractivity contribution in [2.45, 2.75) is 31.4 Å². The van der Waals surface area contributed by atoms with Crippen molar-refractivity contribution in [3.05, 3.63) is 71.4 Å². The molecular weight excluding hydrogens is 284 g/mol. The summed E-state index contributed by atoms with van der Waals surface area (Å²) in [6, 6.07) is 19.5. The van der Waals surface area contributed by atoms with E-state index in [0.717, 1.165) is 19.4 Å². The molecule has 0 radical (unpaired) electrons. The molecule has 3 heterocycles. The van der Waals surface area contributed by atoms with Crippen LogP contribution in [-0.4, -0.2) is 16.6 Å². The topological polar surface area (TPSA) is 28.3 Å². The van der Waals surface area contributed by atoms with Gasteiger partial charge in [0.15, 0.2) is 0 Å². The summed E-state index contributed by atoms with van der Waals surface area (Å²) >= 11 is 0. The maximum absolute atomic E-state index is 6.41. The van der Waals surface area contributed by atoms with Crippen LogP contribution >= 0.6 is 0 Å². The number of benzene rings is 2. The van der Waals surface area contributed by atoms with Crippen molar-refractivity contribution in [3.63, 3.8) is 0 Å². The number of hydrogen-bond acceptors (Lipinski definition) is 2. The van der Waals surface area contributed by atoms with Gasteiger partial charge in [0, 0.05) is 29.6 Å². The second-order valence-corrected chi connectivity index (χ2v) is 6.86. The lowest BCUT2D eigenvalue weighted by molar-refractivity contribution is -0.206. The number of para-hydroxylation sites is 1. The molecule has 0 amide bonds. The van der Waals surface area contributed by atoms with Gasteiger partial charge in [-0.2, -0.15) is 5.06 Å². The maximum Gasteiger partial charge on any atom is 0.114 e. The minimum atomic E-state index is -0.245. The second kappa shape index (κ2) is 4.70. The van der Waals surface area contributed by atoms with Gasteiger partial charge in [-0.1, -0.05) is 48.5 Å². The smallest absolute Gasteiger partial charge is 0.114 e. The summed E-state index contributed by atoms with van der Waals surface area (Å²) in [4.78, 5) is 10.1. The Labute approximate surface area is 135 Å². The van der Waals surface area contributed by atoms with Crippen molar-refractivity contribution >= 4 is 10.9 Å². The summed E-state index contributed by atoms with van der Waals surface area (Å²) in [5.74, 6) is 0. The van der Waals surface area contributed by atoms with Gasteiger partial charge in [-0.3, -0.25) is 4.84 Å². The molecule has 23 heavy (non-hydrogen) atoms. The third-order valence-corrected chi connectivity index (χ3v) is 5.40. The first kappa shape index (κ1) is 13.3. The highest BCUT2D eigenvalue weighted by Crippen LogP contribution is 2.49. The van der Waals surface area contributed by atoms with Crippen LogP contribution in [0.2, 0.25) is 0 Å². The van der Waals surface area contributed by atoms with Crippen LogP contribution in [0.15, 0.2) is 54.6 Å².